The fourth-order valence-corrected chi connectivity index (χ4v) is 4.90. The van der Waals surface area contributed by atoms with E-state index in [0.29, 0.717) is 45.5 Å². The Labute approximate surface area is 201 Å². The minimum Gasteiger partial charge on any atom is -0.467 e. The topological polar surface area (TPSA) is 99.0 Å². The molecule has 5 rings (SSSR count). The molecule has 5 aromatic rings. The predicted molar refractivity (Wildman–Crippen MR) is 126 cm³/mol. The monoisotopic (exact) mass is 497 g/mol. The largest absolute Gasteiger partial charge is 0.467 e. The van der Waals surface area contributed by atoms with E-state index in [1.165, 1.54) is 23.1 Å². The Morgan fingerprint density at radius 2 is 1.91 bits per heavy atom. The van der Waals surface area contributed by atoms with Gasteiger partial charge in [0.25, 0.3) is 5.91 Å². The van der Waals surface area contributed by atoms with Gasteiger partial charge in [0.15, 0.2) is 10.9 Å². The van der Waals surface area contributed by atoms with Crippen molar-refractivity contribution in [2.45, 2.75) is 17.5 Å². The number of hydrogen-bond acceptors (Lipinski definition) is 8. The van der Waals surface area contributed by atoms with E-state index in [1.807, 2.05) is 34.9 Å². The Kier molecular flexibility index (Phi) is 6.29. The average Bonchev–Trinajstić information content (AvgIpc) is 3.62. The quantitative estimate of drug-likeness (QED) is 0.284. The van der Waals surface area contributed by atoms with E-state index >= 15 is 0 Å². The van der Waals surface area contributed by atoms with E-state index in [9.17, 15) is 4.79 Å². The molecule has 33 heavy (non-hydrogen) atoms. The summed E-state index contributed by atoms with van der Waals surface area (Å²) in [5.74, 6) is 2.16. The molecule has 0 bridgehead atoms. The number of thiazole rings is 1. The molecule has 0 aliphatic carbocycles. The SMILES string of the molecule is O=C(NCc1ccco1)c1csc(CSc2nnc(-c3ccco3)n2-c2ccc(Cl)cc2)n1. The molecule has 0 saturated carbocycles. The van der Waals surface area contributed by atoms with Crippen LogP contribution >= 0.6 is 34.7 Å². The van der Waals surface area contributed by atoms with Crippen LogP contribution in [0.3, 0.4) is 0 Å². The highest BCUT2D eigenvalue weighted by molar-refractivity contribution is 7.98. The number of carbonyl (C=O) groups is 1. The normalized spacial score (nSPS) is 11.1. The van der Waals surface area contributed by atoms with Crippen molar-refractivity contribution < 1.29 is 13.6 Å². The minimum absolute atomic E-state index is 0.247. The number of halogens is 1. The Balaban J connectivity index is 1.32. The van der Waals surface area contributed by atoms with Crippen LogP contribution in [0.25, 0.3) is 17.3 Å². The van der Waals surface area contributed by atoms with Gasteiger partial charge in [-0.25, -0.2) is 4.98 Å². The third-order valence-corrected chi connectivity index (χ3v) is 6.80. The van der Waals surface area contributed by atoms with Gasteiger partial charge in [-0.3, -0.25) is 9.36 Å². The summed E-state index contributed by atoms with van der Waals surface area (Å²) in [6.07, 6.45) is 3.16. The lowest BCUT2D eigenvalue weighted by Gasteiger charge is -2.09. The first-order valence-electron chi connectivity index (χ1n) is 9.80. The number of hydrogen-bond donors (Lipinski definition) is 1. The van der Waals surface area contributed by atoms with E-state index in [2.05, 4.69) is 20.5 Å². The molecule has 4 heterocycles. The van der Waals surface area contributed by atoms with Crippen LogP contribution in [0.4, 0.5) is 0 Å². The third-order valence-electron chi connectivity index (χ3n) is 4.57. The van der Waals surface area contributed by atoms with E-state index in [-0.39, 0.29) is 5.91 Å². The van der Waals surface area contributed by atoms with Gasteiger partial charge >= 0.3 is 0 Å². The van der Waals surface area contributed by atoms with E-state index in [4.69, 9.17) is 20.4 Å². The molecular formula is C22H16ClN5O3S2. The summed E-state index contributed by atoms with van der Waals surface area (Å²) in [6, 6.07) is 14.6. The smallest absolute Gasteiger partial charge is 0.271 e. The molecule has 8 nitrogen and oxygen atoms in total. The zero-order valence-electron chi connectivity index (χ0n) is 17.0. The lowest BCUT2D eigenvalue weighted by molar-refractivity contribution is 0.0943. The maximum absolute atomic E-state index is 12.4. The molecule has 11 heteroatoms. The molecular weight excluding hydrogens is 482 g/mol. The summed E-state index contributed by atoms with van der Waals surface area (Å²) in [7, 11) is 0. The molecule has 1 N–H and O–H groups in total. The highest BCUT2D eigenvalue weighted by Gasteiger charge is 2.19. The second-order valence-corrected chi connectivity index (χ2v) is 9.09. The van der Waals surface area contributed by atoms with Crippen molar-refractivity contribution in [1.29, 1.82) is 0 Å². The Bertz CT molecular complexity index is 1350. The number of amides is 1. The number of furan rings is 2. The number of carbonyl (C=O) groups excluding carboxylic acids is 1. The summed E-state index contributed by atoms with van der Waals surface area (Å²) < 4.78 is 12.7. The number of thioether (sulfide) groups is 1. The van der Waals surface area contributed by atoms with Gasteiger partial charge in [0, 0.05) is 16.1 Å². The molecule has 0 atom stereocenters. The van der Waals surface area contributed by atoms with Gasteiger partial charge in [-0.2, -0.15) is 0 Å². The van der Waals surface area contributed by atoms with E-state index < -0.39 is 0 Å². The molecule has 0 fully saturated rings. The molecule has 0 saturated heterocycles. The number of aromatic nitrogens is 4. The van der Waals surface area contributed by atoms with Crippen molar-refractivity contribution in [3.8, 4) is 17.3 Å². The predicted octanol–water partition coefficient (Wildman–Crippen LogP) is 5.45. The van der Waals surface area contributed by atoms with Crippen LogP contribution in [0.5, 0.6) is 0 Å². The number of benzene rings is 1. The second-order valence-electron chi connectivity index (χ2n) is 6.77. The fraction of sp³-hybridized carbons (Fsp3) is 0.0909. The summed E-state index contributed by atoms with van der Waals surface area (Å²) >= 11 is 8.95. The maximum atomic E-state index is 12.4. The van der Waals surface area contributed by atoms with Crippen molar-refractivity contribution in [2.75, 3.05) is 0 Å². The van der Waals surface area contributed by atoms with Crippen LogP contribution in [0.1, 0.15) is 21.3 Å². The summed E-state index contributed by atoms with van der Waals surface area (Å²) in [5, 5.41) is 15.3. The summed E-state index contributed by atoms with van der Waals surface area (Å²) in [4.78, 5) is 16.8. The lowest BCUT2D eigenvalue weighted by Crippen LogP contribution is -2.22. The Morgan fingerprint density at radius 3 is 2.67 bits per heavy atom. The van der Waals surface area contributed by atoms with Gasteiger partial charge < -0.3 is 14.2 Å². The van der Waals surface area contributed by atoms with E-state index in [1.54, 1.807) is 36.1 Å². The van der Waals surface area contributed by atoms with Crippen LogP contribution in [0.2, 0.25) is 5.02 Å². The van der Waals surface area contributed by atoms with Crippen molar-refractivity contribution in [1.82, 2.24) is 25.1 Å². The van der Waals surface area contributed by atoms with E-state index in [0.717, 1.165) is 10.7 Å². The first kappa shape index (κ1) is 21.5. The van der Waals surface area contributed by atoms with Gasteiger partial charge in [0.1, 0.15) is 16.5 Å². The van der Waals surface area contributed by atoms with Crippen LogP contribution in [0, 0.1) is 0 Å². The number of nitrogens with one attached hydrogen (secondary N) is 1. The fourth-order valence-electron chi connectivity index (χ4n) is 3.03. The molecule has 4 aromatic heterocycles. The zero-order chi connectivity index (χ0) is 22.6. The molecule has 0 aliphatic heterocycles. The molecule has 0 radical (unpaired) electrons. The van der Waals surface area contributed by atoms with Gasteiger partial charge in [-0.1, -0.05) is 23.4 Å². The molecule has 0 spiro atoms. The van der Waals surface area contributed by atoms with Crippen LogP contribution in [-0.2, 0) is 12.3 Å². The summed E-state index contributed by atoms with van der Waals surface area (Å²) in [6.45, 7) is 0.313. The molecule has 166 valence electrons. The third kappa shape index (κ3) is 4.87. The first-order valence-corrected chi connectivity index (χ1v) is 12.0. The van der Waals surface area contributed by atoms with Crippen LogP contribution < -0.4 is 5.32 Å². The van der Waals surface area contributed by atoms with Gasteiger partial charge in [0.2, 0.25) is 5.82 Å². The Hall–Kier alpha value is -3.34. The number of rotatable bonds is 8. The van der Waals surface area contributed by atoms with Crippen molar-refractivity contribution in [2.24, 2.45) is 0 Å². The van der Waals surface area contributed by atoms with Gasteiger partial charge in [-0.05, 0) is 48.5 Å². The lowest BCUT2D eigenvalue weighted by atomic mass is 10.3. The van der Waals surface area contributed by atoms with Crippen LogP contribution in [-0.4, -0.2) is 25.7 Å². The number of nitrogens with zero attached hydrogens (tertiary/aromatic N) is 4. The molecule has 0 unspecified atom stereocenters. The maximum Gasteiger partial charge on any atom is 0.271 e. The first-order chi connectivity index (χ1) is 16.2. The van der Waals surface area contributed by atoms with Crippen molar-refractivity contribution in [3.63, 3.8) is 0 Å². The zero-order valence-corrected chi connectivity index (χ0v) is 19.4. The molecule has 1 amide bonds. The molecule has 1 aromatic carbocycles. The summed E-state index contributed by atoms with van der Waals surface area (Å²) in [5.41, 5.74) is 1.23. The van der Waals surface area contributed by atoms with Gasteiger partial charge in [-0.15, -0.1) is 21.5 Å². The average molecular weight is 498 g/mol. The molecule has 0 aliphatic rings. The van der Waals surface area contributed by atoms with Crippen LogP contribution in [0.15, 0.2) is 80.4 Å². The van der Waals surface area contributed by atoms with Crippen molar-refractivity contribution >= 4 is 40.6 Å². The van der Waals surface area contributed by atoms with Gasteiger partial charge in [0.05, 0.1) is 24.8 Å². The second kappa shape index (κ2) is 9.65. The Morgan fingerprint density at radius 1 is 1.09 bits per heavy atom. The van der Waals surface area contributed by atoms with Crippen molar-refractivity contribution in [3.05, 3.63) is 87.9 Å². The highest BCUT2D eigenvalue weighted by Crippen LogP contribution is 2.31. The minimum atomic E-state index is -0.247. The standard InChI is InChI=1S/C22H16ClN5O3S2/c23-14-5-7-15(8-6-14)28-20(18-4-2-10-31-18)26-27-22(28)33-13-19-25-17(12-32-19)21(29)24-11-16-3-1-9-30-16/h1-10,12H,11,13H2,(H,24,29). The highest BCUT2D eigenvalue weighted by atomic mass is 35.5.